The Kier molecular flexibility index (Phi) is 10.1. The summed E-state index contributed by atoms with van der Waals surface area (Å²) < 4.78 is 42.5. The van der Waals surface area contributed by atoms with Gasteiger partial charge in [-0.2, -0.15) is 0 Å². The molecule has 0 bridgehead atoms. The number of hydrogen-bond acceptors (Lipinski definition) is 4. The van der Waals surface area contributed by atoms with E-state index in [0.29, 0.717) is 6.54 Å². The first kappa shape index (κ1) is 30.5. The second-order valence-electron chi connectivity index (χ2n) is 9.91. The molecule has 0 fully saturated rings. The number of nitrogens with one attached hydrogen (secondary N) is 1. The predicted molar refractivity (Wildman–Crippen MR) is 162 cm³/mol. The molecule has 4 aromatic carbocycles. The lowest BCUT2D eigenvalue weighted by molar-refractivity contribution is -0.140. The minimum Gasteiger partial charge on any atom is -0.355 e. The van der Waals surface area contributed by atoms with E-state index in [1.54, 1.807) is 25.1 Å². The Morgan fingerprint density at radius 2 is 1.45 bits per heavy atom. The monoisotopic (exact) mass is 587 g/mol. The zero-order chi connectivity index (χ0) is 30.1. The van der Waals surface area contributed by atoms with Gasteiger partial charge in [0.2, 0.25) is 11.8 Å². The fraction of sp³-hybridized carbons (Fsp3) is 0.212. The van der Waals surface area contributed by atoms with Crippen molar-refractivity contribution in [2.75, 3.05) is 17.4 Å². The molecule has 0 saturated heterocycles. The Labute approximate surface area is 246 Å². The number of nitrogens with zero attached hydrogens (tertiary/aromatic N) is 2. The quantitative estimate of drug-likeness (QED) is 0.250. The van der Waals surface area contributed by atoms with Gasteiger partial charge in [-0.1, -0.05) is 78.4 Å². The van der Waals surface area contributed by atoms with E-state index >= 15 is 0 Å². The van der Waals surface area contributed by atoms with Crippen molar-refractivity contribution in [1.82, 2.24) is 10.2 Å². The number of carbonyl (C=O) groups is 2. The number of likely N-dealkylation sites (N-methyl/N-ethyl adjacent to an activating group) is 1. The van der Waals surface area contributed by atoms with Crippen molar-refractivity contribution < 1.29 is 22.4 Å². The number of anilines is 1. The number of hydrogen-bond donors (Lipinski definition) is 1. The molecule has 9 heteroatoms. The topological polar surface area (TPSA) is 86.8 Å². The van der Waals surface area contributed by atoms with Crippen LogP contribution in [0.2, 0.25) is 0 Å². The number of halogens is 1. The smallest absolute Gasteiger partial charge is 0.264 e. The van der Waals surface area contributed by atoms with Crippen LogP contribution in [0.25, 0.3) is 0 Å². The van der Waals surface area contributed by atoms with E-state index in [-0.39, 0.29) is 29.5 Å². The van der Waals surface area contributed by atoms with Crippen LogP contribution in [0.3, 0.4) is 0 Å². The third-order valence-electron chi connectivity index (χ3n) is 6.78. The van der Waals surface area contributed by atoms with Crippen molar-refractivity contribution in [3.8, 4) is 0 Å². The van der Waals surface area contributed by atoms with Crippen molar-refractivity contribution >= 4 is 27.5 Å². The summed E-state index contributed by atoms with van der Waals surface area (Å²) in [5.41, 5.74) is 2.76. The van der Waals surface area contributed by atoms with Gasteiger partial charge in [-0.3, -0.25) is 13.9 Å². The number of aryl methyl sites for hydroxylation is 1. The number of carbonyl (C=O) groups excluding carboxylic acids is 2. The van der Waals surface area contributed by atoms with E-state index in [9.17, 15) is 22.4 Å². The average Bonchev–Trinajstić information content (AvgIpc) is 2.99. The molecule has 0 saturated carbocycles. The SMILES string of the molecule is CCNC(=O)[C@H](Cc1ccccc1)N(Cc1cccc(C)c1)C(=O)CN(c1ccc(F)cc1)S(=O)(=O)c1ccccc1. The molecule has 4 aromatic rings. The van der Waals surface area contributed by atoms with E-state index in [0.717, 1.165) is 33.1 Å². The van der Waals surface area contributed by atoms with E-state index in [2.05, 4.69) is 5.32 Å². The van der Waals surface area contributed by atoms with Crippen molar-refractivity contribution in [1.29, 1.82) is 0 Å². The van der Waals surface area contributed by atoms with Gasteiger partial charge in [-0.05, 0) is 61.4 Å². The molecule has 0 unspecified atom stereocenters. The molecule has 0 aliphatic rings. The number of benzene rings is 4. The van der Waals surface area contributed by atoms with E-state index in [4.69, 9.17) is 0 Å². The van der Waals surface area contributed by atoms with Crippen LogP contribution in [0.15, 0.2) is 114 Å². The van der Waals surface area contributed by atoms with Gasteiger partial charge in [0.05, 0.1) is 10.6 Å². The van der Waals surface area contributed by atoms with Gasteiger partial charge in [-0.15, -0.1) is 0 Å². The fourth-order valence-electron chi connectivity index (χ4n) is 4.71. The van der Waals surface area contributed by atoms with Crippen LogP contribution >= 0.6 is 0 Å². The molecule has 1 atom stereocenters. The van der Waals surface area contributed by atoms with Crippen LogP contribution in [0, 0.1) is 12.7 Å². The van der Waals surface area contributed by atoms with Crippen molar-refractivity contribution in [2.45, 2.75) is 37.8 Å². The second kappa shape index (κ2) is 13.9. The summed E-state index contributed by atoms with van der Waals surface area (Å²) >= 11 is 0. The molecule has 7 nitrogen and oxygen atoms in total. The highest BCUT2D eigenvalue weighted by Gasteiger charge is 2.34. The van der Waals surface area contributed by atoms with Crippen LogP contribution in [0.1, 0.15) is 23.6 Å². The summed E-state index contributed by atoms with van der Waals surface area (Å²) in [4.78, 5) is 29.2. The van der Waals surface area contributed by atoms with E-state index < -0.39 is 34.3 Å². The maximum atomic E-state index is 14.3. The van der Waals surface area contributed by atoms with Crippen LogP contribution < -0.4 is 9.62 Å². The normalized spacial score (nSPS) is 11.9. The molecule has 218 valence electrons. The number of amides is 2. The summed E-state index contributed by atoms with van der Waals surface area (Å²) in [6, 6.07) is 28.7. The maximum absolute atomic E-state index is 14.3. The summed E-state index contributed by atoms with van der Waals surface area (Å²) in [6.45, 7) is 3.58. The zero-order valence-electron chi connectivity index (χ0n) is 23.6. The highest BCUT2D eigenvalue weighted by Crippen LogP contribution is 2.25. The Morgan fingerprint density at radius 3 is 2.07 bits per heavy atom. The van der Waals surface area contributed by atoms with Gasteiger partial charge >= 0.3 is 0 Å². The van der Waals surface area contributed by atoms with E-state index in [1.165, 1.54) is 29.2 Å². The van der Waals surface area contributed by atoms with Gasteiger partial charge in [0, 0.05) is 19.5 Å². The average molecular weight is 588 g/mol. The Bertz CT molecular complexity index is 1600. The largest absolute Gasteiger partial charge is 0.355 e. The number of sulfonamides is 1. The van der Waals surface area contributed by atoms with Gasteiger partial charge in [0.15, 0.2) is 0 Å². The third kappa shape index (κ3) is 7.61. The molecule has 0 aliphatic carbocycles. The lowest BCUT2D eigenvalue weighted by Crippen LogP contribution is -2.53. The Morgan fingerprint density at radius 1 is 0.833 bits per heavy atom. The van der Waals surface area contributed by atoms with Gasteiger partial charge in [0.1, 0.15) is 18.4 Å². The highest BCUT2D eigenvalue weighted by atomic mass is 32.2. The second-order valence-corrected chi connectivity index (χ2v) is 11.8. The predicted octanol–water partition coefficient (Wildman–Crippen LogP) is 5.11. The first-order valence-electron chi connectivity index (χ1n) is 13.7. The van der Waals surface area contributed by atoms with Crippen molar-refractivity contribution in [3.05, 3.63) is 132 Å². The number of rotatable bonds is 12. The van der Waals surface area contributed by atoms with Gasteiger partial charge in [-0.25, -0.2) is 12.8 Å². The van der Waals surface area contributed by atoms with Crippen molar-refractivity contribution in [3.63, 3.8) is 0 Å². The summed E-state index contributed by atoms with van der Waals surface area (Å²) in [7, 11) is -4.23. The van der Waals surface area contributed by atoms with Crippen LogP contribution in [-0.4, -0.2) is 44.3 Å². The standard InChI is InChI=1S/C33H34FN3O4S/c1-3-35-33(39)31(22-26-12-6-4-7-13-26)36(23-27-14-10-11-25(2)21-27)32(38)24-37(29-19-17-28(34)18-20-29)42(40,41)30-15-8-5-9-16-30/h4-21,31H,3,22-24H2,1-2H3,(H,35,39)/t31-/m0/s1. The van der Waals surface area contributed by atoms with Crippen LogP contribution in [-0.2, 0) is 32.6 Å². The molecule has 42 heavy (non-hydrogen) atoms. The fourth-order valence-corrected chi connectivity index (χ4v) is 6.14. The highest BCUT2D eigenvalue weighted by molar-refractivity contribution is 7.92. The summed E-state index contributed by atoms with van der Waals surface area (Å²) in [6.07, 6.45) is 0.228. The molecular formula is C33H34FN3O4S. The third-order valence-corrected chi connectivity index (χ3v) is 8.57. The molecule has 2 amide bonds. The van der Waals surface area contributed by atoms with Gasteiger partial charge in [0.25, 0.3) is 10.0 Å². The maximum Gasteiger partial charge on any atom is 0.264 e. The molecule has 0 spiro atoms. The lowest BCUT2D eigenvalue weighted by atomic mass is 10.0. The molecule has 1 N–H and O–H groups in total. The minimum atomic E-state index is -4.23. The molecule has 0 heterocycles. The van der Waals surface area contributed by atoms with Crippen LogP contribution in [0.4, 0.5) is 10.1 Å². The molecule has 0 radical (unpaired) electrons. The first-order valence-corrected chi connectivity index (χ1v) is 15.1. The van der Waals surface area contributed by atoms with Crippen molar-refractivity contribution in [2.24, 2.45) is 0 Å². The lowest BCUT2D eigenvalue weighted by Gasteiger charge is -2.34. The molecule has 4 rings (SSSR count). The van der Waals surface area contributed by atoms with E-state index in [1.807, 2.05) is 61.5 Å². The zero-order valence-corrected chi connectivity index (χ0v) is 24.4. The Balaban J connectivity index is 1.78. The van der Waals surface area contributed by atoms with Gasteiger partial charge < -0.3 is 10.2 Å². The van der Waals surface area contributed by atoms with Crippen LogP contribution in [0.5, 0.6) is 0 Å². The first-order chi connectivity index (χ1) is 20.2. The molecule has 0 aliphatic heterocycles. The molecule has 0 aromatic heterocycles. The Hall–Kier alpha value is -4.50. The minimum absolute atomic E-state index is 0.0167. The summed E-state index contributed by atoms with van der Waals surface area (Å²) in [5.74, 6) is -1.46. The molecular weight excluding hydrogens is 553 g/mol. The summed E-state index contributed by atoms with van der Waals surface area (Å²) in [5, 5.41) is 2.84.